The van der Waals surface area contributed by atoms with Gasteiger partial charge in [-0.3, -0.25) is 0 Å². The predicted octanol–water partition coefficient (Wildman–Crippen LogP) is 3.46. The molecule has 0 aliphatic carbocycles. The first kappa shape index (κ1) is 12.3. The summed E-state index contributed by atoms with van der Waals surface area (Å²) in [4.78, 5) is 0. The van der Waals surface area contributed by atoms with Crippen LogP contribution >= 0.6 is 15.9 Å². The van der Waals surface area contributed by atoms with Gasteiger partial charge < -0.3 is 5.11 Å². The van der Waals surface area contributed by atoms with E-state index in [-0.39, 0.29) is 0 Å². The second-order valence-electron chi connectivity index (χ2n) is 3.60. The van der Waals surface area contributed by atoms with Crippen LogP contribution in [0.1, 0.15) is 31.7 Å². The van der Waals surface area contributed by atoms with Gasteiger partial charge in [0.1, 0.15) is 0 Å². The Bertz CT molecular complexity index is 367. The molecule has 0 saturated carbocycles. The smallest absolute Gasteiger partial charge is 0.0903 e. The van der Waals surface area contributed by atoms with Crippen molar-refractivity contribution in [2.75, 3.05) is 0 Å². The molecule has 1 N–H and O–H groups in total. The lowest BCUT2D eigenvalue weighted by Gasteiger charge is -2.26. The molecule has 80 valence electrons. The highest BCUT2D eigenvalue weighted by molar-refractivity contribution is 9.10. The van der Waals surface area contributed by atoms with E-state index >= 15 is 0 Å². The molecule has 0 fully saturated rings. The quantitative estimate of drug-likeness (QED) is 0.828. The van der Waals surface area contributed by atoms with E-state index in [1.165, 1.54) is 0 Å². The van der Waals surface area contributed by atoms with E-state index in [2.05, 4.69) is 21.9 Å². The number of rotatable bonds is 4. The van der Waals surface area contributed by atoms with Crippen LogP contribution in [0, 0.1) is 12.3 Å². The fourth-order valence-electron chi connectivity index (χ4n) is 1.58. The minimum absolute atomic E-state index is 0.594. The number of hydrogen-bond donors (Lipinski definition) is 1. The summed E-state index contributed by atoms with van der Waals surface area (Å²) < 4.78 is 0.979. The van der Waals surface area contributed by atoms with Crippen LogP contribution in [0.15, 0.2) is 28.7 Å². The summed E-state index contributed by atoms with van der Waals surface area (Å²) in [7, 11) is 0. The summed E-state index contributed by atoms with van der Waals surface area (Å²) in [6.07, 6.45) is 7.10. The average Bonchev–Trinajstić information content (AvgIpc) is 2.26. The van der Waals surface area contributed by atoms with Crippen molar-refractivity contribution in [3.8, 4) is 12.3 Å². The van der Waals surface area contributed by atoms with Gasteiger partial charge in [0.15, 0.2) is 0 Å². The van der Waals surface area contributed by atoms with Crippen LogP contribution in [0.3, 0.4) is 0 Å². The van der Waals surface area contributed by atoms with E-state index < -0.39 is 5.60 Å². The Morgan fingerprint density at radius 1 is 1.53 bits per heavy atom. The minimum atomic E-state index is -0.795. The standard InChI is InChI=1S/C13H15BrO/c1-3-5-9-13(15,4-2)11-7-6-8-12(14)10-11/h1,6-8,10,15H,4-5,9H2,2H3. The van der Waals surface area contributed by atoms with Crippen LogP contribution in [0.25, 0.3) is 0 Å². The molecule has 0 aliphatic heterocycles. The predicted molar refractivity (Wildman–Crippen MR) is 66.4 cm³/mol. The molecule has 1 aromatic rings. The van der Waals surface area contributed by atoms with Crippen molar-refractivity contribution >= 4 is 15.9 Å². The molecule has 0 saturated heterocycles. The summed E-state index contributed by atoms with van der Waals surface area (Å²) in [6.45, 7) is 1.97. The molecule has 0 amide bonds. The Morgan fingerprint density at radius 2 is 2.27 bits per heavy atom. The van der Waals surface area contributed by atoms with E-state index in [1.807, 2.05) is 31.2 Å². The Kier molecular flexibility index (Phi) is 4.38. The van der Waals surface area contributed by atoms with Crippen LogP contribution < -0.4 is 0 Å². The van der Waals surface area contributed by atoms with Crippen LogP contribution in [-0.4, -0.2) is 5.11 Å². The molecule has 0 spiro atoms. The first-order chi connectivity index (χ1) is 7.12. The first-order valence-corrected chi connectivity index (χ1v) is 5.83. The van der Waals surface area contributed by atoms with Crippen molar-refractivity contribution in [3.63, 3.8) is 0 Å². The molecule has 0 radical (unpaired) electrons. The maximum atomic E-state index is 10.4. The molecule has 15 heavy (non-hydrogen) atoms. The van der Waals surface area contributed by atoms with Gasteiger partial charge in [0.2, 0.25) is 0 Å². The molecule has 0 aromatic heterocycles. The zero-order valence-electron chi connectivity index (χ0n) is 8.83. The van der Waals surface area contributed by atoms with Crippen LogP contribution in [0.2, 0.25) is 0 Å². The summed E-state index contributed by atoms with van der Waals surface area (Å²) >= 11 is 3.40. The number of aliphatic hydroxyl groups is 1. The van der Waals surface area contributed by atoms with Gasteiger partial charge in [-0.05, 0) is 30.5 Å². The van der Waals surface area contributed by atoms with E-state index in [1.54, 1.807) is 0 Å². The molecule has 0 bridgehead atoms. The molecule has 0 aliphatic rings. The molecule has 2 heteroatoms. The van der Waals surface area contributed by atoms with Crippen molar-refractivity contribution in [1.82, 2.24) is 0 Å². The lowest BCUT2D eigenvalue weighted by molar-refractivity contribution is 0.0248. The normalized spacial score (nSPS) is 14.3. The Labute approximate surface area is 99.6 Å². The highest BCUT2D eigenvalue weighted by Crippen LogP contribution is 2.31. The van der Waals surface area contributed by atoms with Gasteiger partial charge in [-0.2, -0.15) is 0 Å². The second-order valence-corrected chi connectivity index (χ2v) is 4.52. The third-order valence-electron chi connectivity index (χ3n) is 2.63. The highest BCUT2D eigenvalue weighted by atomic mass is 79.9. The van der Waals surface area contributed by atoms with E-state index in [0.29, 0.717) is 19.3 Å². The van der Waals surface area contributed by atoms with Gasteiger partial charge in [0.25, 0.3) is 0 Å². The molecule has 0 heterocycles. The second kappa shape index (κ2) is 5.34. The molecular formula is C13H15BrO. The van der Waals surface area contributed by atoms with E-state index in [0.717, 1.165) is 10.0 Å². The van der Waals surface area contributed by atoms with Crippen molar-refractivity contribution in [2.45, 2.75) is 31.8 Å². The van der Waals surface area contributed by atoms with Crippen LogP contribution in [0.5, 0.6) is 0 Å². The van der Waals surface area contributed by atoms with Crippen molar-refractivity contribution in [3.05, 3.63) is 34.3 Å². The third kappa shape index (κ3) is 3.09. The van der Waals surface area contributed by atoms with Crippen molar-refractivity contribution < 1.29 is 5.11 Å². The molecule has 1 nitrogen and oxygen atoms in total. The minimum Gasteiger partial charge on any atom is -0.385 e. The van der Waals surface area contributed by atoms with Gasteiger partial charge in [-0.1, -0.05) is 35.0 Å². The molecular weight excluding hydrogens is 252 g/mol. The Balaban J connectivity index is 2.95. The van der Waals surface area contributed by atoms with Gasteiger partial charge in [0, 0.05) is 10.9 Å². The van der Waals surface area contributed by atoms with E-state index in [9.17, 15) is 5.11 Å². The van der Waals surface area contributed by atoms with Gasteiger partial charge in [-0.25, -0.2) is 0 Å². The van der Waals surface area contributed by atoms with Crippen molar-refractivity contribution in [2.24, 2.45) is 0 Å². The van der Waals surface area contributed by atoms with Gasteiger partial charge >= 0.3 is 0 Å². The lowest BCUT2D eigenvalue weighted by atomic mass is 9.87. The maximum absolute atomic E-state index is 10.4. The highest BCUT2D eigenvalue weighted by Gasteiger charge is 2.26. The molecule has 1 atom stereocenters. The average molecular weight is 267 g/mol. The van der Waals surface area contributed by atoms with E-state index in [4.69, 9.17) is 6.42 Å². The number of hydrogen-bond acceptors (Lipinski definition) is 1. The maximum Gasteiger partial charge on any atom is 0.0903 e. The zero-order valence-corrected chi connectivity index (χ0v) is 10.4. The summed E-state index contributed by atoms with van der Waals surface area (Å²) in [5, 5.41) is 10.4. The third-order valence-corrected chi connectivity index (χ3v) is 3.12. The number of terminal acetylenes is 1. The monoisotopic (exact) mass is 266 g/mol. The van der Waals surface area contributed by atoms with Gasteiger partial charge in [0.05, 0.1) is 5.60 Å². The molecule has 1 unspecified atom stereocenters. The van der Waals surface area contributed by atoms with Gasteiger partial charge in [-0.15, -0.1) is 12.3 Å². The summed E-state index contributed by atoms with van der Waals surface area (Å²) in [5.41, 5.74) is 0.130. The molecule has 1 aromatic carbocycles. The largest absolute Gasteiger partial charge is 0.385 e. The first-order valence-electron chi connectivity index (χ1n) is 5.04. The van der Waals surface area contributed by atoms with Crippen molar-refractivity contribution in [1.29, 1.82) is 0 Å². The zero-order chi connectivity index (χ0) is 11.3. The fourth-order valence-corrected chi connectivity index (χ4v) is 1.98. The summed E-state index contributed by atoms with van der Waals surface area (Å²) in [6, 6.07) is 7.75. The summed E-state index contributed by atoms with van der Waals surface area (Å²) in [5.74, 6) is 2.57. The SMILES string of the molecule is C#CCCC(O)(CC)c1cccc(Br)c1. The Hall–Kier alpha value is -0.780. The van der Waals surface area contributed by atoms with Crippen LogP contribution in [0.4, 0.5) is 0 Å². The number of halogens is 1. The number of benzene rings is 1. The Morgan fingerprint density at radius 3 is 2.80 bits per heavy atom. The van der Waals surface area contributed by atoms with Crippen LogP contribution in [-0.2, 0) is 5.60 Å². The lowest BCUT2D eigenvalue weighted by Crippen LogP contribution is -2.24. The molecule has 1 rings (SSSR count). The topological polar surface area (TPSA) is 20.2 Å². The fraction of sp³-hybridized carbons (Fsp3) is 0.385.